The van der Waals surface area contributed by atoms with Gasteiger partial charge in [-0.15, -0.1) is 0 Å². The van der Waals surface area contributed by atoms with E-state index in [0.29, 0.717) is 29.3 Å². The minimum absolute atomic E-state index is 0.0260. The van der Waals surface area contributed by atoms with Crippen molar-refractivity contribution in [1.82, 2.24) is 5.32 Å². The number of anilines is 1. The number of fused-ring (bicyclic) bond motifs is 1. The van der Waals surface area contributed by atoms with E-state index in [4.69, 9.17) is 10.5 Å². The molecular formula is C34H32N4O3. The fourth-order valence-electron chi connectivity index (χ4n) is 5.13. The first kappa shape index (κ1) is 27.6. The minimum atomic E-state index is -0.205. The van der Waals surface area contributed by atoms with Gasteiger partial charge in [0, 0.05) is 19.4 Å². The van der Waals surface area contributed by atoms with E-state index in [-0.39, 0.29) is 37.2 Å². The summed E-state index contributed by atoms with van der Waals surface area (Å²) in [6, 6.07) is 32.2. The first-order valence-corrected chi connectivity index (χ1v) is 13.8. The predicted molar refractivity (Wildman–Crippen MR) is 158 cm³/mol. The largest absolute Gasteiger partial charge is 0.455 e. The van der Waals surface area contributed by atoms with Gasteiger partial charge in [-0.1, -0.05) is 60.7 Å². The molecule has 1 unspecified atom stereocenters. The van der Waals surface area contributed by atoms with Gasteiger partial charge in [-0.2, -0.15) is 5.26 Å². The fraction of sp³-hybridized carbons (Fsp3) is 0.206. The van der Waals surface area contributed by atoms with Gasteiger partial charge in [0.05, 0.1) is 29.9 Å². The van der Waals surface area contributed by atoms with Crippen LogP contribution in [-0.4, -0.2) is 11.8 Å². The fourth-order valence-corrected chi connectivity index (χ4v) is 5.13. The average Bonchev–Trinajstić information content (AvgIpc) is 3.42. The lowest BCUT2D eigenvalue weighted by atomic mass is 10.1. The Balaban J connectivity index is 1.35. The van der Waals surface area contributed by atoms with E-state index >= 15 is 0 Å². The molecule has 2 amide bonds. The highest BCUT2D eigenvalue weighted by atomic mass is 16.5. The second-order valence-corrected chi connectivity index (χ2v) is 10.1. The van der Waals surface area contributed by atoms with Crippen LogP contribution in [0.4, 0.5) is 5.69 Å². The standard InChI is InChI=1S/C34H32N4O3/c35-21-24-12-14-25(15-13-24)23-38(31-10-3-4-11-32(31)41-28-8-5-6-26(20-28)22-36)34(40)19-18-33(39)37-30-17-16-27-7-1-2-9-29(27)30/h1-15,20,30H,16-19,22-23,36H2,(H,37,39). The Morgan fingerprint density at radius 2 is 1.71 bits per heavy atom. The third-order valence-electron chi connectivity index (χ3n) is 7.28. The summed E-state index contributed by atoms with van der Waals surface area (Å²) in [5.74, 6) is 0.766. The third kappa shape index (κ3) is 6.81. The second-order valence-electron chi connectivity index (χ2n) is 10.1. The highest BCUT2D eigenvalue weighted by Crippen LogP contribution is 2.34. The molecule has 4 aromatic carbocycles. The van der Waals surface area contributed by atoms with Gasteiger partial charge in [0.2, 0.25) is 11.8 Å². The number of carbonyl (C=O) groups is 2. The van der Waals surface area contributed by atoms with Crippen LogP contribution in [0.5, 0.6) is 11.5 Å². The normalized spacial score (nSPS) is 13.6. The van der Waals surface area contributed by atoms with E-state index < -0.39 is 0 Å². The zero-order valence-corrected chi connectivity index (χ0v) is 22.8. The third-order valence-corrected chi connectivity index (χ3v) is 7.28. The summed E-state index contributed by atoms with van der Waals surface area (Å²) in [6.07, 6.45) is 1.90. The van der Waals surface area contributed by atoms with E-state index in [0.717, 1.165) is 29.5 Å². The van der Waals surface area contributed by atoms with Crippen LogP contribution in [0.3, 0.4) is 0 Å². The molecule has 1 atom stereocenters. The number of hydrogen-bond acceptors (Lipinski definition) is 5. The molecule has 0 saturated carbocycles. The summed E-state index contributed by atoms with van der Waals surface area (Å²) in [5, 5.41) is 12.3. The molecule has 7 heteroatoms. The Kier molecular flexibility index (Phi) is 8.73. The van der Waals surface area contributed by atoms with Crippen LogP contribution in [0.15, 0.2) is 97.1 Å². The first-order valence-electron chi connectivity index (χ1n) is 13.8. The zero-order chi connectivity index (χ0) is 28.6. The number of para-hydroxylation sites is 2. The van der Waals surface area contributed by atoms with Crippen molar-refractivity contribution >= 4 is 17.5 Å². The SMILES string of the molecule is N#Cc1ccc(CN(C(=O)CCC(=O)NC2CCc3ccccc32)c2ccccc2Oc2cccc(CN)c2)cc1. The number of nitrogens with one attached hydrogen (secondary N) is 1. The van der Waals surface area contributed by atoms with Crippen LogP contribution in [0.2, 0.25) is 0 Å². The Morgan fingerprint density at radius 3 is 2.51 bits per heavy atom. The molecule has 4 aromatic rings. The molecule has 0 saturated heterocycles. The maximum absolute atomic E-state index is 13.7. The number of hydrogen-bond donors (Lipinski definition) is 2. The van der Waals surface area contributed by atoms with Gasteiger partial charge in [0.15, 0.2) is 5.75 Å². The molecule has 41 heavy (non-hydrogen) atoms. The van der Waals surface area contributed by atoms with Gasteiger partial charge in [-0.3, -0.25) is 9.59 Å². The Hall–Kier alpha value is -4.93. The number of benzene rings is 4. The summed E-state index contributed by atoms with van der Waals surface area (Å²) >= 11 is 0. The van der Waals surface area contributed by atoms with E-state index in [1.54, 1.807) is 17.0 Å². The van der Waals surface area contributed by atoms with Crippen molar-refractivity contribution in [2.24, 2.45) is 5.73 Å². The number of rotatable bonds is 10. The van der Waals surface area contributed by atoms with Crippen molar-refractivity contribution in [2.75, 3.05) is 4.90 Å². The number of nitrogens with two attached hydrogens (primary N) is 1. The highest BCUT2D eigenvalue weighted by molar-refractivity contribution is 5.96. The maximum atomic E-state index is 13.7. The van der Waals surface area contributed by atoms with Gasteiger partial charge < -0.3 is 20.7 Å². The summed E-state index contributed by atoms with van der Waals surface area (Å²) in [4.78, 5) is 28.3. The number of nitriles is 1. The van der Waals surface area contributed by atoms with Crippen LogP contribution in [0.1, 0.15) is 53.1 Å². The molecule has 0 fully saturated rings. The number of amides is 2. The topological polar surface area (TPSA) is 108 Å². The predicted octanol–water partition coefficient (Wildman–Crippen LogP) is 5.93. The minimum Gasteiger partial charge on any atom is -0.455 e. The maximum Gasteiger partial charge on any atom is 0.227 e. The first-order chi connectivity index (χ1) is 20.0. The summed E-state index contributed by atoms with van der Waals surface area (Å²) < 4.78 is 6.23. The number of aryl methyl sites for hydroxylation is 1. The molecule has 0 radical (unpaired) electrons. The Morgan fingerprint density at radius 1 is 0.927 bits per heavy atom. The van der Waals surface area contributed by atoms with Crippen molar-refractivity contribution < 1.29 is 14.3 Å². The van der Waals surface area contributed by atoms with Crippen molar-refractivity contribution in [3.8, 4) is 17.6 Å². The molecule has 0 aromatic heterocycles. The van der Waals surface area contributed by atoms with Gasteiger partial charge in [0.25, 0.3) is 0 Å². The Bertz CT molecular complexity index is 1580. The van der Waals surface area contributed by atoms with Crippen LogP contribution in [0.25, 0.3) is 0 Å². The molecule has 3 N–H and O–H groups in total. The van der Waals surface area contributed by atoms with Crippen molar-refractivity contribution in [3.63, 3.8) is 0 Å². The van der Waals surface area contributed by atoms with Crippen molar-refractivity contribution in [1.29, 1.82) is 5.26 Å². The molecular weight excluding hydrogens is 512 g/mol. The molecule has 0 aliphatic heterocycles. The molecule has 0 heterocycles. The molecule has 7 nitrogen and oxygen atoms in total. The average molecular weight is 545 g/mol. The van der Waals surface area contributed by atoms with Gasteiger partial charge in [-0.25, -0.2) is 0 Å². The van der Waals surface area contributed by atoms with Crippen LogP contribution in [-0.2, 0) is 29.1 Å². The lowest BCUT2D eigenvalue weighted by molar-refractivity contribution is -0.125. The van der Waals surface area contributed by atoms with E-state index in [1.165, 1.54) is 5.56 Å². The second kappa shape index (κ2) is 12.9. The quantitative estimate of drug-likeness (QED) is 0.257. The van der Waals surface area contributed by atoms with E-state index in [9.17, 15) is 14.9 Å². The Labute approximate surface area is 240 Å². The zero-order valence-electron chi connectivity index (χ0n) is 22.8. The number of carbonyl (C=O) groups excluding carboxylic acids is 2. The summed E-state index contributed by atoms with van der Waals surface area (Å²) in [7, 11) is 0. The van der Waals surface area contributed by atoms with Gasteiger partial charge in [-0.05, 0) is 71.5 Å². The lowest BCUT2D eigenvalue weighted by Gasteiger charge is -2.25. The number of nitrogens with zero attached hydrogens (tertiary/aromatic N) is 2. The van der Waals surface area contributed by atoms with Crippen LogP contribution in [0, 0.1) is 11.3 Å². The summed E-state index contributed by atoms with van der Waals surface area (Å²) in [6.45, 7) is 0.641. The van der Waals surface area contributed by atoms with Gasteiger partial charge in [0.1, 0.15) is 5.75 Å². The van der Waals surface area contributed by atoms with Crippen LogP contribution >= 0.6 is 0 Å². The smallest absolute Gasteiger partial charge is 0.227 e. The molecule has 1 aliphatic carbocycles. The van der Waals surface area contributed by atoms with Gasteiger partial charge >= 0.3 is 0 Å². The number of ether oxygens (including phenoxy) is 1. The van der Waals surface area contributed by atoms with Crippen molar-refractivity contribution in [3.05, 3.63) is 125 Å². The molecule has 0 bridgehead atoms. The van der Waals surface area contributed by atoms with E-state index in [1.807, 2.05) is 72.8 Å². The van der Waals surface area contributed by atoms with Crippen molar-refractivity contribution in [2.45, 2.75) is 44.8 Å². The van der Waals surface area contributed by atoms with Crippen LogP contribution < -0.4 is 20.7 Å². The summed E-state index contributed by atoms with van der Waals surface area (Å²) in [5.41, 5.74) is 11.1. The monoisotopic (exact) mass is 544 g/mol. The molecule has 1 aliphatic rings. The lowest BCUT2D eigenvalue weighted by Crippen LogP contribution is -2.33. The van der Waals surface area contributed by atoms with E-state index in [2.05, 4.69) is 23.5 Å². The molecule has 0 spiro atoms. The highest BCUT2D eigenvalue weighted by Gasteiger charge is 2.25. The molecule has 5 rings (SSSR count). The molecule has 206 valence electrons.